The van der Waals surface area contributed by atoms with Crippen LogP contribution < -0.4 is 10.2 Å². The van der Waals surface area contributed by atoms with Crippen molar-refractivity contribution < 1.29 is 0 Å². The van der Waals surface area contributed by atoms with Crippen molar-refractivity contribution in [2.75, 3.05) is 24.5 Å². The van der Waals surface area contributed by atoms with Crippen molar-refractivity contribution in [2.45, 2.75) is 19.4 Å². The first-order chi connectivity index (χ1) is 9.29. The monoisotopic (exact) mass is 275 g/mol. The predicted molar refractivity (Wildman–Crippen MR) is 81.0 cm³/mol. The van der Waals surface area contributed by atoms with E-state index in [4.69, 9.17) is 11.6 Å². The van der Waals surface area contributed by atoms with Crippen LogP contribution in [-0.4, -0.2) is 30.7 Å². The van der Waals surface area contributed by atoms with Gasteiger partial charge in [0.25, 0.3) is 0 Å². The third-order valence-electron chi connectivity index (χ3n) is 3.81. The molecule has 2 heterocycles. The highest BCUT2D eigenvalue weighted by Gasteiger charge is 2.22. The molecular weight excluding hydrogens is 258 g/mol. The maximum atomic E-state index is 6.05. The Morgan fingerprint density at radius 2 is 2.32 bits per heavy atom. The fourth-order valence-electron chi connectivity index (χ4n) is 2.80. The summed E-state index contributed by atoms with van der Waals surface area (Å²) < 4.78 is 0. The highest BCUT2D eigenvalue weighted by molar-refractivity contribution is 6.31. The highest BCUT2D eigenvalue weighted by atomic mass is 35.5. The number of fused-ring (bicyclic) bond motifs is 1. The van der Waals surface area contributed by atoms with Crippen LogP contribution in [0.3, 0.4) is 0 Å². The summed E-state index contributed by atoms with van der Waals surface area (Å²) in [4.78, 5) is 6.92. The Bertz CT molecular complexity index is 585. The number of piperazine rings is 1. The average Bonchev–Trinajstić information content (AvgIpc) is 2.46. The van der Waals surface area contributed by atoms with Crippen molar-refractivity contribution in [1.29, 1.82) is 0 Å². The number of rotatable bonds is 2. The van der Waals surface area contributed by atoms with E-state index in [1.54, 1.807) is 0 Å². The second-order valence-electron chi connectivity index (χ2n) is 4.95. The van der Waals surface area contributed by atoms with E-state index in [0.717, 1.165) is 36.6 Å². The van der Waals surface area contributed by atoms with E-state index in [-0.39, 0.29) is 0 Å². The number of halogens is 1. The Kier molecular flexibility index (Phi) is 3.58. The summed E-state index contributed by atoms with van der Waals surface area (Å²) >= 11 is 6.05. The van der Waals surface area contributed by atoms with Crippen molar-refractivity contribution in [3.05, 3.63) is 35.5 Å². The molecule has 19 heavy (non-hydrogen) atoms. The summed E-state index contributed by atoms with van der Waals surface area (Å²) in [5.41, 5.74) is 2.24. The molecule has 1 aromatic heterocycles. The molecule has 1 aromatic carbocycles. The highest BCUT2D eigenvalue weighted by Crippen LogP contribution is 2.29. The van der Waals surface area contributed by atoms with Gasteiger partial charge in [0.1, 0.15) is 0 Å². The molecule has 0 aliphatic carbocycles. The summed E-state index contributed by atoms with van der Waals surface area (Å²) in [5.74, 6) is 0. The number of pyridine rings is 1. The molecule has 0 amide bonds. The van der Waals surface area contributed by atoms with Crippen LogP contribution in [0, 0.1) is 0 Å². The van der Waals surface area contributed by atoms with Crippen molar-refractivity contribution in [1.82, 2.24) is 10.3 Å². The van der Waals surface area contributed by atoms with Gasteiger partial charge in [0.05, 0.1) is 5.52 Å². The Morgan fingerprint density at radius 1 is 1.42 bits per heavy atom. The van der Waals surface area contributed by atoms with Crippen LogP contribution in [0.15, 0.2) is 30.5 Å². The topological polar surface area (TPSA) is 28.2 Å². The maximum Gasteiger partial charge on any atom is 0.0737 e. The van der Waals surface area contributed by atoms with Gasteiger partial charge in [-0.05, 0) is 30.7 Å². The largest absolute Gasteiger partial charge is 0.365 e. The fraction of sp³-hybridized carbons (Fsp3) is 0.400. The number of nitrogens with one attached hydrogen (secondary N) is 1. The smallest absolute Gasteiger partial charge is 0.0737 e. The van der Waals surface area contributed by atoms with Gasteiger partial charge in [-0.3, -0.25) is 4.98 Å². The summed E-state index contributed by atoms with van der Waals surface area (Å²) in [6.07, 6.45) is 3.02. The number of benzene rings is 1. The summed E-state index contributed by atoms with van der Waals surface area (Å²) in [7, 11) is 0. The lowest BCUT2D eigenvalue weighted by atomic mass is 10.1. The Labute approximate surface area is 118 Å². The SMILES string of the molecule is CCC1CNCCN1c1ccnc2cc(Cl)ccc12. The van der Waals surface area contributed by atoms with Crippen molar-refractivity contribution >= 4 is 28.2 Å². The first-order valence-corrected chi connectivity index (χ1v) is 7.19. The Morgan fingerprint density at radius 3 is 3.16 bits per heavy atom. The third kappa shape index (κ3) is 2.40. The van der Waals surface area contributed by atoms with Crippen LogP contribution in [-0.2, 0) is 0 Å². The van der Waals surface area contributed by atoms with Gasteiger partial charge in [-0.15, -0.1) is 0 Å². The predicted octanol–water partition coefficient (Wildman–Crippen LogP) is 3.08. The van der Waals surface area contributed by atoms with Gasteiger partial charge >= 0.3 is 0 Å². The van der Waals surface area contributed by atoms with Gasteiger partial charge in [0.2, 0.25) is 0 Å². The molecular formula is C15H18ClN3. The Hall–Kier alpha value is -1.32. The minimum atomic E-state index is 0.551. The van der Waals surface area contributed by atoms with Gasteiger partial charge < -0.3 is 10.2 Å². The third-order valence-corrected chi connectivity index (χ3v) is 4.05. The molecule has 0 radical (unpaired) electrons. The molecule has 1 unspecified atom stereocenters. The first kappa shape index (κ1) is 12.7. The lowest BCUT2D eigenvalue weighted by Gasteiger charge is -2.38. The lowest BCUT2D eigenvalue weighted by Crippen LogP contribution is -2.51. The van der Waals surface area contributed by atoms with Gasteiger partial charge in [-0.2, -0.15) is 0 Å². The van der Waals surface area contributed by atoms with Gasteiger partial charge in [0.15, 0.2) is 0 Å². The van der Waals surface area contributed by atoms with Crippen LogP contribution in [0.2, 0.25) is 5.02 Å². The summed E-state index contributed by atoms with van der Waals surface area (Å²) in [6.45, 7) is 5.37. The van der Waals surface area contributed by atoms with Crippen LogP contribution in [0.5, 0.6) is 0 Å². The molecule has 3 nitrogen and oxygen atoms in total. The number of nitrogens with zero attached hydrogens (tertiary/aromatic N) is 2. The molecule has 1 N–H and O–H groups in total. The van der Waals surface area contributed by atoms with Gasteiger partial charge in [0, 0.05) is 48.0 Å². The molecule has 100 valence electrons. The molecule has 0 bridgehead atoms. The first-order valence-electron chi connectivity index (χ1n) is 6.81. The van der Waals surface area contributed by atoms with E-state index in [0.29, 0.717) is 6.04 Å². The average molecular weight is 276 g/mol. The zero-order valence-corrected chi connectivity index (χ0v) is 11.8. The summed E-state index contributed by atoms with van der Waals surface area (Å²) in [6, 6.07) is 8.62. The van der Waals surface area contributed by atoms with E-state index in [1.807, 2.05) is 18.3 Å². The second kappa shape index (κ2) is 5.35. The number of hydrogen-bond acceptors (Lipinski definition) is 3. The summed E-state index contributed by atoms with van der Waals surface area (Å²) in [5, 5.41) is 5.39. The van der Waals surface area contributed by atoms with Crippen LogP contribution in [0.1, 0.15) is 13.3 Å². The van der Waals surface area contributed by atoms with E-state index in [1.165, 1.54) is 11.1 Å². The van der Waals surface area contributed by atoms with Gasteiger partial charge in [-0.1, -0.05) is 18.5 Å². The molecule has 1 saturated heterocycles. The molecule has 3 rings (SSSR count). The lowest BCUT2D eigenvalue weighted by molar-refractivity contribution is 0.467. The fourth-order valence-corrected chi connectivity index (χ4v) is 2.97. The number of anilines is 1. The van der Waals surface area contributed by atoms with Crippen LogP contribution in [0.25, 0.3) is 10.9 Å². The zero-order chi connectivity index (χ0) is 13.2. The molecule has 1 aliphatic rings. The van der Waals surface area contributed by atoms with E-state index < -0.39 is 0 Å². The number of aromatic nitrogens is 1. The van der Waals surface area contributed by atoms with E-state index >= 15 is 0 Å². The molecule has 1 aliphatic heterocycles. The van der Waals surface area contributed by atoms with Crippen molar-refractivity contribution in [2.24, 2.45) is 0 Å². The quantitative estimate of drug-likeness (QED) is 0.913. The minimum Gasteiger partial charge on any atom is -0.365 e. The molecule has 0 spiro atoms. The second-order valence-corrected chi connectivity index (χ2v) is 5.39. The molecule has 2 aromatic rings. The van der Waals surface area contributed by atoms with E-state index in [2.05, 4.69) is 34.3 Å². The van der Waals surface area contributed by atoms with Crippen molar-refractivity contribution in [3.8, 4) is 0 Å². The molecule has 1 fully saturated rings. The minimum absolute atomic E-state index is 0.551. The van der Waals surface area contributed by atoms with Crippen molar-refractivity contribution in [3.63, 3.8) is 0 Å². The van der Waals surface area contributed by atoms with Crippen LogP contribution in [0.4, 0.5) is 5.69 Å². The maximum absolute atomic E-state index is 6.05. The standard InChI is InChI=1S/C15H18ClN3/c1-2-12-10-17-7-8-19(12)15-5-6-18-14-9-11(16)3-4-13(14)15/h3-6,9,12,17H,2,7-8,10H2,1H3. The molecule has 4 heteroatoms. The number of hydrogen-bond donors (Lipinski definition) is 1. The Balaban J connectivity index is 2.08. The molecule has 1 atom stereocenters. The molecule has 0 saturated carbocycles. The van der Waals surface area contributed by atoms with Crippen LogP contribution >= 0.6 is 11.6 Å². The zero-order valence-electron chi connectivity index (χ0n) is 11.1. The normalized spacial score (nSPS) is 19.9. The van der Waals surface area contributed by atoms with E-state index in [9.17, 15) is 0 Å². The van der Waals surface area contributed by atoms with Gasteiger partial charge in [-0.25, -0.2) is 0 Å².